The van der Waals surface area contributed by atoms with Gasteiger partial charge in [0, 0.05) is 11.1 Å². The van der Waals surface area contributed by atoms with Crippen LogP contribution in [0, 0.1) is 0 Å². The van der Waals surface area contributed by atoms with Gasteiger partial charge in [-0.15, -0.1) is 11.3 Å². The van der Waals surface area contributed by atoms with Gasteiger partial charge in [-0.3, -0.25) is 0 Å². The minimum atomic E-state index is 0.453. The second-order valence-corrected chi connectivity index (χ2v) is 7.16. The second-order valence-electron chi connectivity index (χ2n) is 6.16. The number of rotatable bonds is 2. The minimum absolute atomic E-state index is 0.453. The molecule has 0 saturated heterocycles. The molecule has 0 aromatic carbocycles. The fourth-order valence-corrected chi connectivity index (χ4v) is 4.63. The van der Waals surface area contributed by atoms with E-state index in [0.717, 1.165) is 27.9 Å². The van der Waals surface area contributed by atoms with Crippen molar-refractivity contribution in [3.05, 3.63) is 23.1 Å². The maximum Gasteiger partial charge on any atom is 0.234 e. The Labute approximate surface area is 133 Å². The van der Waals surface area contributed by atoms with Gasteiger partial charge in [0.1, 0.15) is 15.9 Å². The highest BCUT2D eigenvalue weighted by Crippen LogP contribution is 2.42. The number of ether oxygens (including phenoxy) is 1. The predicted molar refractivity (Wildman–Crippen MR) is 90.0 cm³/mol. The van der Waals surface area contributed by atoms with E-state index in [9.17, 15) is 0 Å². The van der Waals surface area contributed by atoms with E-state index < -0.39 is 0 Å². The van der Waals surface area contributed by atoms with Gasteiger partial charge in [0.25, 0.3) is 0 Å². The van der Waals surface area contributed by atoms with Crippen molar-refractivity contribution in [1.82, 2.24) is 15.0 Å². The molecule has 4 rings (SSSR count). The van der Waals surface area contributed by atoms with Gasteiger partial charge < -0.3 is 4.74 Å². The van der Waals surface area contributed by atoms with Crippen LogP contribution in [0.1, 0.15) is 49.4 Å². The Morgan fingerprint density at radius 2 is 1.91 bits per heavy atom. The SMILES string of the molecule is COc1ncnc2c1sc1nc(C(C)C)c3c(c12)CCCC3. The van der Waals surface area contributed by atoms with Crippen molar-refractivity contribution in [2.45, 2.75) is 45.4 Å². The third kappa shape index (κ3) is 1.92. The Morgan fingerprint density at radius 1 is 1.14 bits per heavy atom. The van der Waals surface area contributed by atoms with Crippen molar-refractivity contribution in [1.29, 1.82) is 0 Å². The van der Waals surface area contributed by atoms with E-state index in [-0.39, 0.29) is 0 Å². The summed E-state index contributed by atoms with van der Waals surface area (Å²) in [6.07, 6.45) is 6.39. The molecule has 0 radical (unpaired) electrons. The Bertz CT molecular complexity index is 869. The number of hydrogen-bond donors (Lipinski definition) is 0. The number of nitrogens with zero attached hydrogens (tertiary/aromatic N) is 3. The largest absolute Gasteiger partial charge is 0.480 e. The average Bonchev–Trinajstić information content (AvgIpc) is 2.92. The van der Waals surface area contributed by atoms with Crippen LogP contribution in [-0.2, 0) is 12.8 Å². The topological polar surface area (TPSA) is 47.9 Å². The maximum absolute atomic E-state index is 5.41. The van der Waals surface area contributed by atoms with Crippen LogP contribution in [0.2, 0.25) is 0 Å². The summed E-state index contributed by atoms with van der Waals surface area (Å²) < 4.78 is 6.43. The first-order valence-electron chi connectivity index (χ1n) is 7.83. The van der Waals surface area contributed by atoms with Crippen molar-refractivity contribution in [2.24, 2.45) is 0 Å². The van der Waals surface area contributed by atoms with Gasteiger partial charge in [-0.1, -0.05) is 13.8 Å². The molecule has 0 amide bonds. The van der Waals surface area contributed by atoms with E-state index in [0.29, 0.717) is 11.8 Å². The molecular weight excluding hydrogens is 294 g/mol. The molecule has 0 saturated carbocycles. The lowest BCUT2D eigenvalue weighted by Crippen LogP contribution is -2.10. The fourth-order valence-electron chi connectivity index (χ4n) is 3.49. The average molecular weight is 313 g/mol. The van der Waals surface area contributed by atoms with Crippen molar-refractivity contribution in [3.8, 4) is 5.88 Å². The van der Waals surface area contributed by atoms with Crippen LogP contribution in [0.25, 0.3) is 20.4 Å². The van der Waals surface area contributed by atoms with Gasteiger partial charge in [0.15, 0.2) is 0 Å². The Balaban J connectivity index is 2.15. The molecule has 0 spiro atoms. The summed E-state index contributed by atoms with van der Waals surface area (Å²) in [6.45, 7) is 4.47. The van der Waals surface area contributed by atoms with Crippen molar-refractivity contribution >= 4 is 31.8 Å². The number of fused-ring (bicyclic) bond motifs is 5. The quantitative estimate of drug-likeness (QED) is 0.709. The number of aryl methyl sites for hydroxylation is 1. The lowest BCUT2D eigenvalue weighted by molar-refractivity contribution is 0.403. The molecule has 0 N–H and O–H groups in total. The van der Waals surface area contributed by atoms with Crippen LogP contribution < -0.4 is 4.74 Å². The molecule has 4 nitrogen and oxygen atoms in total. The van der Waals surface area contributed by atoms with E-state index in [4.69, 9.17) is 9.72 Å². The molecular formula is C17H19N3OS. The third-order valence-electron chi connectivity index (χ3n) is 4.46. The van der Waals surface area contributed by atoms with Crippen molar-refractivity contribution < 1.29 is 4.74 Å². The number of hydrogen-bond acceptors (Lipinski definition) is 5. The molecule has 1 aliphatic rings. The van der Waals surface area contributed by atoms with E-state index in [1.54, 1.807) is 24.8 Å². The zero-order valence-corrected chi connectivity index (χ0v) is 14.0. The Morgan fingerprint density at radius 3 is 2.64 bits per heavy atom. The summed E-state index contributed by atoms with van der Waals surface area (Å²) in [5.74, 6) is 1.11. The van der Waals surface area contributed by atoms with E-state index in [2.05, 4.69) is 23.8 Å². The first kappa shape index (κ1) is 13.9. The monoisotopic (exact) mass is 313 g/mol. The summed E-state index contributed by atoms with van der Waals surface area (Å²) in [5, 5.41) is 1.24. The minimum Gasteiger partial charge on any atom is -0.480 e. The van der Waals surface area contributed by atoms with Gasteiger partial charge in [-0.2, -0.15) is 0 Å². The van der Waals surface area contributed by atoms with Gasteiger partial charge in [0.05, 0.1) is 12.6 Å². The lowest BCUT2D eigenvalue weighted by atomic mass is 9.86. The summed E-state index contributed by atoms with van der Waals surface area (Å²) in [7, 11) is 1.66. The number of thiophene rings is 1. The molecule has 114 valence electrons. The van der Waals surface area contributed by atoms with Gasteiger partial charge >= 0.3 is 0 Å². The third-order valence-corrected chi connectivity index (χ3v) is 5.52. The number of pyridine rings is 1. The first-order chi connectivity index (χ1) is 10.7. The van der Waals surface area contributed by atoms with Crippen LogP contribution in [0.5, 0.6) is 5.88 Å². The normalized spacial score (nSPS) is 14.7. The number of methoxy groups -OCH3 is 1. The second kappa shape index (κ2) is 5.16. The van der Waals surface area contributed by atoms with Gasteiger partial charge in [-0.05, 0) is 42.7 Å². The highest BCUT2D eigenvalue weighted by atomic mass is 32.1. The van der Waals surface area contributed by atoms with Crippen LogP contribution >= 0.6 is 11.3 Å². The molecule has 1 aliphatic carbocycles. The van der Waals surface area contributed by atoms with Crippen LogP contribution in [-0.4, -0.2) is 22.1 Å². The van der Waals surface area contributed by atoms with E-state index in [1.807, 2.05) is 0 Å². The summed E-state index contributed by atoms with van der Waals surface area (Å²) in [6, 6.07) is 0. The van der Waals surface area contributed by atoms with Crippen LogP contribution in [0.3, 0.4) is 0 Å². The molecule has 0 aliphatic heterocycles. The summed E-state index contributed by atoms with van der Waals surface area (Å²) in [5.41, 5.74) is 5.20. The summed E-state index contributed by atoms with van der Waals surface area (Å²) >= 11 is 1.66. The fraction of sp³-hybridized carbons (Fsp3) is 0.471. The Kier molecular flexibility index (Phi) is 3.26. The van der Waals surface area contributed by atoms with E-state index >= 15 is 0 Å². The van der Waals surface area contributed by atoms with Gasteiger partial charge in [0.2, 0.25) is 5.88 Å². The highest BCUT2D eigenvalue weighted by molar-refractivity contribution is 7.25. The molecule has 5 heteroatoms. The first-order valence-corrected chi connectivity index (χ1v) is 8.65. The molecule has 0 fully saturated rings. The smallest absolute Gasteiger partial charge is 0.234 e. The molecule has 0 bridgehead atoms. The van der Waals surface area contributed by atoms with Crippen molar-refractivity contribution in [3.63, 3.8) is 0 Å². The van der Waals surface area contributed by atoms with Crippen molar-refractivity contribution in [2.75, 3.05) is 7.11 Å². The zero-order valence-electron chi connectivity index (χ0n) is 13.1. The zero-order chi connectivity index (χ0) is 15.3. The molecule has 0 unspecified atom stereocenters. The molecule has 0 atom stereocenters. The van der Waals surface area contributed by atoms with E-state index in [1.165, 1.54) is 35.0 Å². The lowest BCUT2D eigenvalue weighted by Gasteiger charge is -2.21. The predicted octanol–water partition coefficient (Wildman–Crippen LogP) is 4.25. The van der Waals surface area contributed by atoms with Gasteiger partial charge in [-0.25, -0.2) is 15.0 Å². The Hall–Kier alpha value is -1.75. The number of aromatic nitrogens is 3. The molecule has 3 aromatic rings. The maximum atomic E-state index is 5.41. The van der Waals surface area contributed by atoms with Crippen LogP contribution in [0.15, 0.2) is 6.33 Å². The molecule has 3 heterocycles. The summed E-state index contributed by atoms with van der Waals surface area (Å²) in [4.78, 5) is 14.9. The highest BCUT2D eigenvalue weighted by Gasteiger charge is 2.24. The van der Waals surface area contributed by atoms with Crippen LogP contribution in [0.4, 0.5) is 0 Å². The molecule has 22 heavy (non-hydrogen) atoms. The molecule has 3 aromatic heterocycles. The standard InChI is InChI=1S/C17H19N3OS/c1-9(2)13-11-7-5-4-6-10(11)12-14-15(22-17(12)20-13)16(21-3)19-8-18-14/h8-9H,4-7H2,1-3H3.